The second-order valence-corrected chi connectivity index (χ2v) is 5.19. The third-order valence-electron chi connectivity index (χ3n) is 3.51. The number of nitrogens with one attached hydrogen (secondary N) is 2. The summed E-state index contributed by atoms with van der Waals surface area (Å²) in [5.74, 6) is -0.270. The van der Waals surface area contributed by atoms with Crippen LogP contribution in [-0.4, -0.2) is 18.0 Å². The van der Waals surface area contributed by atoms with Gasteiger partial charge in [-0.2, -0.15) is 0 Å². The van der Waals surface area contributed by atoms with E-state index in [0.29, 0.717) is 5.56 Å². The number of hydrogen-bond donors (Lipinski definition) is 2. The number of aryl methyl sites for hydroxylation is 2. The molecule has 0 saturated heterocycles. The molecule has 0 saturated carbocycles. The number of carbonyl (C=O) groups excluding carboxylic acids is 1. The van der Waals surface area contributed by atoms with Gasteiger partial charge in [-0.05, 0) is 31.0 Å². The second-order valence-electron chi connectivity index (χ2n) is 5.19. The van der Waals surface area contributed by atoms with E-state index in [1.807, 2.05) is 50.2 Å². The Bertz CT molecular complexity index is 708. The Morgan fingerprint density at radius 2 is 1.95 bits per heavy atom. The van der Waals surface area contributed by atoms with Crippen LogP contribution in [0.3, 0.4) is 0 Å². The first-order valence-electron chi connectivity index (χ1n) is 7.07. The third-order valence-corrected chi connectivity index (χ3v) is 3.51. The number of rotatable bonds is 5. The minimum atomic E-state index is -0.689. The molecule has 2 N–H and O–H groups in total. The first kappa shape index (κ1) is 16.0. The summed E-state index contributed by atoms with van der Waals surface area (Å²) in [4.78, 5) is 27.0. The van der Waals surface area contributed by atoms with Gasteiger partial charge in [0.1, 0.15) is 0 Å². The number of methoxy groups -OCH3 is 1. The van der Waals surface area contributed by atoms with Gasteiger partial charge < -0.3 is 15.0 Å². The number of benzene rings is 1. The Kier molecular flexibility index (Phi) is 5.12. The zero-order valence-electron chi connectivity index (χ0n) is 13.0. The van der Waals surface area contributed by atoms with Crippen molar-refractivity contribution < 1.29 is 9.53 Å². The molecule has 0 aliphatic carbocycles. The summed E-state index contributed by atoms with van der Waals surface area (Å²) in [7, 11) is 1.49. The molecule has 5 heteroatoms. The number of amides is 1. The van der Waals surface area contributed by atoms with Gasteiger partial charge >= 0.3 is 0 Å². The highest BCUT2D eigenvalue weighted by Gasteiger charge is 2.20. The van der Waals surface area contributed by atoms with E-state index in [9.17, 15) is 9.59 Å². The number of carbonyl (C=O) groups is 1. The highest BCUT2D eigenvalue weighted by atomic mass is 16.5. The largest absolute Gasteiger partial charge is 0.367 e. The van der Waals surface area contributed by atoms with E-state index in [0.717, 1.165) is 16.8 Å². The van der Waals surface area contributed by atoms with Gasteiger partial charge in [0.25, 0.3) is 11.5 Å². The van der Waals surface area contributed by atoms with Crippen LogP contribution in [-0.2, 0) is 16.1 Å². The summed E-state index contributed by atoms with van der Waals surface area (Å²) in [6.45, 7) is 3.86. The van der Waals surface area contributed by atoms with Crippen molar-refractivity contribution in [3.05, 3.63) is 69.1 Å². The quantitative estimate of drug-likeness (QED) is 0.887. The average molecular weight is 300 g/mol. The molecule has 2 aromatic rings. The molecule has 1 aromatic heterocycles. The van der Waals surface area contributed by atoms with Crippen molar-refractivity contribution in [3.63, 3.8) is 0 Å². The van der Waals surface area contributed by atoms with Gasteiger partial charge in [-0.1, -0.05) is 30.3 Å². The maximum atomic E-state index is 12.3. The topological polar surface area (TPSA) is 71.2 Å². The molecule has 0 fully saturated rings. The zero-order chi connectivity index (χ0) is 16.1. The fourth-order valence-electron chi connectivity index (χ4n) is 2.39. The molecule has 0 radical (unpaired) electrons. The summed E-state index contributed by atoms with van der Waals surface area (Å²) in [6, 6.07) is 11.1. The summed E-state index contributed by atoms with van der Waals surface area (Å²) in [6.07, 6.45) is -0.689. The molecule has 1 amide bonds. The van der Waals surface area contributed by atoms with E-state index >= 15 is 0 Å². The molecule has 0 unspecified atom stereocenters. The predicted octanol–water partition coefficient (Wildman–Crippen LogP) is 2.00. The number of H-pyrrole nitrogens is 1. The van der Waals surface area contributed by atoms with Crippen LogP contribution in [0.25, 0.3) is 0 Å². The molecule has 0 aliphatic heterocycles. The molecule has 1 heterocycles. The third kappa shape index (κ3) is 3.62. The van der Waals surface area contributed by atoms with Crippen molar-refractivity contribution in [1.29, 1.82) is 0 Å². The lowest BCUT2D eigenvalue weighted by Gasteiger charge is -2.16. The zero-order valence-corrected chi connectivity index (χ0v) is 13.0. The standard InChI is InChI=1S/C17H20N2O3/c1-11-9-12(2)19-16(20)14(11)10-18-17(21)15(22-3)13-7-5-4-6-8-13/h4-9,15H,10H2,1-3H3,(H,18,21)(H,19,20)/t15-/m1/s1. The van der Waals surface area contributed by atoms with Gasteiger partial charge in [-0.15, -0.1) is 0 Å². The van der Waals surface area contributed by atoms with Crippen molar-refractivity contribution in [2.75, 3.05) is 7.11 Å². The highest BCUT2D eigenvalue weighted by molar-refractivity contribution is 5.82. The highest BCUT2D eigenvalue weighted by Crippen LogP contribution is 2.16. The molecule has 116 valence electrons. The van der Waals surface area contributed by atoms with Crippen molar-refractivity contribution in [3.8, 4) is 0 Å². The summed E-state index contributed by atoms with van der Waals surface area (Å²) < 4.78 is 5.27. The number of ether oxygens (including phenoxy) is 1. The van der Waals surface area contributed by atoms with E-state index in [4.69, 9.17) is 4.74 Å². The monoisotopic (exact) mass is 300 g/mol. The van der Waals surface area contributed by atoms with Crippen LogP contribution in [0.15, 0.2) is 41.2 Å². The molecule has 1 atom stereocenters. The number of aromatic nitrogens is 1. The molecular weight excluding hydrogens is 280 g/mol. The van der Waals surface area contributed by atoms with Gasteiger partial charge in [-0.3, -0.25) is 9.59 Å². The summed E-state index contributed by atoms with van der Waals surface area (Å²) >= 11 is 0. The van der Waals surface area contributed by atoms with Crippen LogP contribution < -0.4 is 10.9 Å². The molecule has 0 spiro atoms. The number of aromatic amines is 1. The Morgan fingerprint density at radius 3 is 2.55 bits per heavy atom. The van der Waals surface area contributed by atoms with E-state index in [1.165, 1.54) is 7.11 Å². The lowest BCUT2D eigenvalue weighted by Crippen LogP contribution is -2.32. The maximum Gasteiger partial charge on any atom is 0.254 e. The first-order valence-corrected chi connectivity index (χ1v) is 7.07. The Labute approximate surface area is 129 Å². The van der Waals surface area contributed by atoms with Crippen molar-refractivity contribution in [2.24, 2.45) is 0 Å². The number of pyridine rings is 1. The van der Waals surface area contributed by atoms with E-state index in [1.54, 1.807) is 0 Å². The predicted molar refractivity (Wildman–Crippen MR) is 84.6 cm³/mol. The van der Waals surface area contributed by atoms with Crippen LogP contribution in [0.4, 0.5) is 0 Å². The van der Waals surface area contributed by atoms with Crippen molar-refractivity contribution in [2.45, 2.75) is 26.5 Å². The SMILES string of the molecule is CO[C@@H](C(=O)NCc1c(C)cc(C)[nH]c1=O)c1ccccc1. The lowest BCUT2D eigenvalue weighted by atomic mass is 10.1. The van der Waals surface area contributed by atoms with Gasteiger partial charge in [0, 0.05) is 24.9 Å². The fraction of sp³-hybridized carbons (Fsp3) is 0.294. The number of hydrogen-bond acceptors (Lipinski definition) is 3. The smallest absolute Gasteiger partial charge is 0.254 e. The van der Waals surface area contributed by atoms with Crippen LogP contribution >= 0.6 is 0 Å². The molecular formula is C17H20N2O3. The molecule has 22 heavy (non-hydrogen) atoms. The van der Waals surface area contributed by atoms with Gasteiger partial charge in [0.05, 0.1) is 0 Å². The maximum absolute atomic E-state index is 12.3. The van der Waals surface area contributed by atoms with Crippen LogP contribution in [0.2, 0.25) is 0 Å². The Morgan fingerprint density at radius 1 is 1.27 bits per heavy atom. The Balaban J connectivity index is 2.11. The first-order chi connectivity index (χ1) is 10.5. The van der Waals surface area contributed by atoms with Gasteiger partial charge in [-0.25, -0.2) is 0 Å². The van der Waals surface area contributed by atoms with Gasteiger partial charge in [0.2, 0.25) is 0 Å². The summed E-state index contributed by atoms with van der Waals surface area (Å²) in [5.41, 5.74) is 2.82. The minimum absolute atomic E-state index is 0.174. The molecule has 1 aromatic carbocycles. The van der Waals surface area contributed by atoms with E-state index in [2.05, 4.69) is 10.3 Å². The van der Waals surface area contributed by atoms with Gasteiger partial charge in [0.15, 0.2) is 6.10 Å². The average Bonchev–Trinajstić information content (AvgIpc) is 2.48. The van der Waals surface area contributed by atoms with E-state index in [-0.39, 0.29) is 18.0 Å². The van der Waals surface area contributed by atoms with Crippen LogP contribution in [0.1, 0.15) is 28.5 Å². The normalized spacial score (nSPS) is 12.0. The molecule has 0 aliphatic rings. The van der Waals surface area contributed by atoms with E-state index < -0.39 is 6.10 Å². The Hall–Kier alpha value is -2.40. The van der Waals surface area contributed by atoms with Crippen LogP contribution in [0, 0.1) is 13.8 Å². The molecule has 0 bridgehead atoms. The molecule has 2 rings (SSSR count). The molecule has 5 nitrogen and oxygen atoms in total. The fourth-order valence-corrected chi connectivity index (χ4v) is 2.39. The lowest BCUT2D eigenvalue weighted by molar-refractivity contribution is -0.131. The minimum Gasteiger partial charge on any atom is -0.367 e. The van der Waals surface area contributed by atoms with Crippen molar-refractivity contribution in [1.82, 2.24) is 10.3 Å². The van der Waals surface area contributed by atoms with Crippen molar-refractivity contribution >= 4 is 5.91 Å². The summed E-state index contributed by atoms with van der Waals surface area (Å²) in [5, 5.41) is 2.77. The second kappa shape index (κ2) is 7.04. The van der Waals surface area contributed by atoms with Crippen LogP contribution in [0.5, 0.6) is 0 Å².